The monoisotopic (exact) mass is 281 g/mol. The maximum Gasteiger partial charge on any atom is 0.216 e. The molecule has 0 aliphatic carbocycles. The van der Waals surface area contributed by atoms with E-state index < -0.39 is 0 Å². The molecule has 2 aromatic rings. The van der Waals surface area contributed by atoms with Gasteiger partial charge in [-0.05, 0) is 29.5 Å². The number of allylic oxidation sites excluding steroid dienone is 1. The van der Waals surface area contributed by atoms with Crippen LogP contribution in [-0.4, -0.2) is 39.7 Å². The quantitative estimate of drug-likeness (QED) is 0.807. The van der Waals surface area contributed by atoms with E-state index in [-0.39, 0.29) is 11.4 Å². The molecule has 104 valence electrons. The van der Waals surface area contributed by atoms with Crippen LogP contribution in [0.25, 0.3) is 5.57 Å². The summed E-state index contributed by atoms with van der Waals surface area (Å²) < 4.78 is 5.39. The maximum absolute atomic E-state index is 9.05. The molecule has 0 bridgehead atoms. The number of rotatable bonds is 4. The average Bonchev–Trinajstić information content (AvgIpc) is 3.22. The number of H-pyrrole nitrogens is 1. The van der Waals surface area contributed by atoms with E-state index in [0.717, 1.165) is 11.3 Å². The Hall–Kier alpha value is -3.21. The Morgan fingerprint density at radius 1 is 1.38 bits per heavy atom. The molecule has 1 aliphatic rings. The molecule has 3 rings (SSSR count). The molecule has 0 saturated carbocycles. The highest BCUT2D eigenvalue weighted by molar-refractivity contribution is 5.95. The minimum absolute atomic E-state index is 0.246. The van der Waals surface area contributed by atoms with Crippen LogP contribution in [0.3, 0.4) is 0 Å². The first-order chi connectivity index (χ1) is 10.4. The van der Waals surface area contributed by atoms with E-state index in [1.807, 2.05) is 30.3 Å². The second-order valence-electron chi connectivity index (χ2n) is 4.16. The number of benzene rings is 1. The van der Waals surface area contributed by atoms with Crippen molar-refractivity contribution in [2.24, 2.45) is 4.99 Å². The third-order valence-electron chi connectivity index (χ3n) is 2.81. The summed E-state index contributed by atoms with van der Waals surface area (Å²) in [6, 6.07) is 9.56. The zero-order valence-electron chi connectivity index (χ0n) is 10.9. The number of anilines is 1. The van der Waals surface area contributed by atoms with Crippen molar-refractivity contribution >= 4 is 17.2 Å². The summed E-state index contributed by atoms with van der Waals surface area (Å²) in [7, 11) is 0. The van der Waals surface area contributed by atoms with E-state index in [0.29, 0.717) is 19.0 Å². The first-order valence-corrected chi connectivity index (χ1v) is 6.25. The average molecular weight is 281 g/mol. The smallest absolute Gasteiger partial charge is 0.216 e. The van der Waals surface area contributed by atoms with Gasteiger partial charge in [0.05, 0.1) is 6.54 Å². The largest absolute Gasteiger partial charge is 0.476 e. The van der Waals surface area contributed by atoms with Gasteiger partial charge in [-0.25, -0.2) is 4.99 Å². The van der Waals surface area contributed by atoms with Crippen molar-refractivity contribution in [3.8, 4) is 6.07 Å². The Balaban J connectivity index is 1.72. The molecule has 0 unspecified atom stereocenters. The molecule has 0 amide bonds. The molecule has 1 aromatic heterocycles. The lowest BCUT2D eigenvalue weighted by molar-refractivity contribution is 0.348. The first kappa shape index (κ1) is 12.8. The predicted octanol–water partition coefficient (Wildman–Crippen LogP) is 0.953. The van der Waals surface area contributed by atoms with Crippen molar-refractivity contribution < 1.29 is 4.74 Å². The van der Waals surface area contributed by atoms with Crippen LogP contribution in [-0.2, 0) is 4.74 Å². The Bertz CT molecular complexity index is 710. The first-order valence-electron chi connectivity index (χ1n) is 6.25. The fourth-order valence-electron chi connectivity index (χ4n) is 1.80. The fraction of sp³-hybridized carbons (Fsp3) is 0.154. The fourth-order valence-corrected chi connectivity index (χ4v) is 1.80. The number of nitriles is 1. The van der Waals surface area contributed by atoms with Crippen LogP contribution in [0.4, 0.5) is 5.69 Å². The molecule has 1 aliphatic heterocycles. The topological polar surface area (TPSA) is 112 Å². The van der Waals surface area contributed by atoms with E-state index in [9.17, 15) is 0 Å². The second kappa shape index (κ2) is 5.83. The lowest BCUT2D eigenvalue weighted by Gasteiger charge is -2.04. The summed E-state index contributed by atoms with van der Waals surface area (Å²) in [6.07, 6.45) is 1.53. The molecular weight excluding hydrogens is 270 g/mol. The highest BCUT2D eigenvalue weighted by atomic mass is 16.5. The van der Waals surface area contributed by atoms with Gasteiger partial charge in [0.2, 0.25) is 11.7 Å². The van der Waals surface area contributed by atoms with Crippen LogP contribution in [0.15, 0.2) is 35.5 Å². The van der Waals surface area contributed by atoms with Gasteiger partial charge in [0.1, 0.15) is 18.2 Å². The van der Waals surface area contributed by atoms with E-state index in [2.05, 4.69) is 30.9 Å². The molecule has 0 fully saturated rings. The molecule has 0 saturated heterocycles. The van der Waals surface area contributed by atoms with E-state index >= 15 is 0 Å². The summed E-state index contributed by atoms with van der Waals surface area (Å²) in [5.41, 5.74) is 2.05. The number of tetrazole rings is 1. The van der Waals surface area contributed by atoms with Gasteiger partial charge in [0, 0.05) is 17.5 Å². The zero-order valence-corrected chi connectivity index (χ0v) is 10.9. The van der Waals surface area contributed by atoms with E-state index in [1.165, 1.54) is 6.20 Å². The number of ether oxygens (including phenoxy) is 1. The number of nitrogens with one attached hydrogen (secondary N) is 2. The van der Waals surface area contributed by atoms with Crippen LogP contribution in [0.2, 0.25) is 0 Å². The van der Waals surface area contributed by atoms with Crippen LogP contribution in [0.1, 0.15) is 11.4 Å². The molecule has 1 aromatic carbocycles. The van der Waals surface area contributed by atoms with Crippen LogP contribution in [0, 0.1) is 11.3 Å². The summed E-state index contributed by atoms with van der Waals surface area (Å²) in [5.74, 6) is 0.914. The van der Waals surface area contributed by atoms with Crippen molar-refractivity contribution in [1.29, 1.82) is 5.26 Å². The normalized spacial score (nSPS) is 14.2. The van der Waals surface area contributed by atoms with Crippen molar-refractivity contribution in [1.82, 2.24) is 20.6 Å². The van der Waals surface area contributed by atoms with Crippen LogP contribution in [0.5, 0.6) is 0 Å². The van der Waals surface area contributed by atoms with Crippen LogP contribution < -0.4 is 5.32 Å². The summed E-state index contributed by atoms with van der Waals surface area (Å²) in [6.45, 7) is 1.34. The standard InChI is InChI=1S/C13H11N7O/c14-7-10(12-17-19-20-18-12)8-16-11-3-1-9(2-4-11)13-15-5-6-21-13/h1-4,8,16H,5-6H2,(H,17,18,19,20). The van der Waals surface area contributed by atoms with Gasteiger partial charge in [-0.1, -0.05) is 0 Å². The van der Waals surface area contributed by atoms with E-state index in [1.54, 1.807) is 0 Å². The maximum atomic E-state index is 9.05. The summed E-state index contributed by atoms with van der Waals surface area (Å²) in [4.78, 5) is 4.25. The van der Waals surface area contributed by atoms with Gasteiger partial charge >= 0.3 is 0 Å². The third kappa shape index (κ3) is 2.87. The summed E-state index contributed by atoms with van der Waals surface area (Å²) >= 11 is 0. The SMILES string of the molecule is N#CC(=CNc1ccc(C2=NCCO2)cc1)c1nn[nH]n1. The number of hydrogen-bond acceptors (Lipinski definition) is 7. The molecular formula is C13H11N7O. The van der Waals surface area contributed by atoms with Gasteiger partial charge < -0.3 is 10.1 Å². The molecule has 0 atom stereocenters. The van der Waals surface area contributed by atoms with Crippen molar-refractivity contribution in [3.63, 3.8) is 0 Å². The third-order valence-corrected chi connectivity index (χ3v) is 2.81. The van der Waals surface area contributed by atoms with Gasteiger partial charge in [0.25, 0.3) is 0 Å². The molecule has 8 heteroatoms. The summed E-state index contributed by atoms with van der Waals surface area (Å²) in [5, 5.41) is 25.3. The molecule has 8 nitrogen and oxygen atoms in total. The van der Waals surface area contributed by atoms with Gasteiger partial charge in [0.15, 0.2) is 0 Å². The number of nitrogens with zero attached hydrogens (tertiary/aromatic N) is 5. The predicted molar refractivity (Wildman–Crippen MR) is 75.2 cm³/mol. The second-order valence-corrected chi connectivity index (χ2v) is 4.16. The Morgan fingerprint density at radius 2 is 2.24 bits per heavy atom. The minimum atomic E-state index is 0.246. The lowest BCUT2D eigenvalue weighted by atomic mass is 10.2. The highest BCUT2D eigenvalue weighted by Gasteiger charge is 2.09. The Kier molecular flexibility index (Phi) is 3.56. The van der Waals surface area contributed by atoms with Gasteiger partial charge in [-0.2, -0.15) is 10.5 Å². The molecule has 0 radical (unpaired) electrons. The number of aromatic nitrogens is 4. The molecule has 2 N–H and O–H groups in total. The van der Waals surface area contributed by atoms with Gasteiger partial charge in [-0.15, -0.1) is 10.2 Å². The Labute approximate surface area is 120 Å². The highest BCUT2D eigenvalue weighted by Crippen LogP contribution is 2.14. The molecule has 21 heavy (non-hydrogen) atoms. The molecule has 0 spiro atoms. The van der Waals surface area contributed by atoms with Crippen molar-refractivity contribution in [3.05, 3.63) is 41.9 Å². The van der Waals surface area contributed by atoms with Crippen molar-refractivity contribution in [2.45, 2.75) is 0 Å². The van der Waals surface area contributed by atoms with Gasteiger partial charge in [-0.3, -0.25) is 0 Å². The minimum Gasteiger partial charge on any atom is -0.476 e. The lowest BCUT2D eigenvalue weighted by Crippen LogP contribution is -2.01. The van der Waals surface area contributed by atoms with E-state index in [4.69, 9.17) is 10.00 Å². The number of hydrogen-bond donors (Lipinski definition) is 2. The van der Waals surface area contributed by atoms with Crippen LogP contribution >= 0.6 is 0 Å². The number of aromatic amines is 1. The number of aliphatic imine (C=N–C) groups is 1. The van der Waals surface area contributed by atoms with Crippen molar-refractivity contribution in [2.75, 3.05) is 18.5 Å². The molecule has 2 heterocycles. The Morgan fingerprint density at radius 3 is 2.86 bits per heavy atom. The zero-order chi connectivity index (χ0) is 14.5.